The lowest BCUT2D eigenvalue weighted by Gasteiger charge is -2.33. The summed E-state index contributed by atoms with van der Waals surface area (Å²) in [7, 11) is 0. The van der Waals surface area contributed by atoms with Gasteiger partial charge < -0.3 is 14.5 Å². The second kappa shape index (κ2) is 18.7. The summed E-state index contributed by atoms with van der Waals surface area (Å²) in [5.41, 5.74) is 16.1. The molecule has 3 heterocycles. The minimum absolute atomic E-state index is 0.0429. The zero-order valence-electron chi connectivity index (χ0n) is 46.5. The van der Waals surface area contributed by atoms with Crippen molar-refractivity contribution in [3.8, 4) is 17.3 Å². The number of rotatable bonds is 11. The Bertz CT molecular complexity index is 3690. The van der Waals surface area contributed by atoms with Crippen molar-refractivity contribution in [1.82, 2.24) is 9.55 Å². The molecular weight excluding hydrogens is 925 g/mol. The first kappa shape index (κ1) is 50.3. The average molecular weight is 997 g/mol. The van der Waals surface area contributed by atoms with Gasteiger partial charge in [-0.3, -0.25) is 4.57 Å². The van der Waals surface area contributed by atoms with Crippen LogP contribution in [0.15, 0.2) is 206 Å². The number of ether oxygens (including phenoxy) is 1. The number of hydrogen-bond donors (Lipinski definition) is 0. The molecule has 11 rings (SSSR count). The first-order valence-corrected chi connectivity index (χ1v) is 27.0. The summed E-state index contributed by atoms with van der Waals surface area (Å²) < 4.78 is 9.28. The van der Waals surface area contributed by atoms with Crippen LogP contribution in [-0.4, -0.2) is 16.2 Å². The first-order chi connectivity index (χ1) is 36.2. The van der Waals surface area contributed by atoms with Crippen LogP contribution in [0.2, 0.25) is 0 Å². The molecule has 5 heteroatoms. The van der Waals surface area contributed by atoms with E-state index in [1.165, 1.54) is 61.3 Å². The molecule has 0 radical (unpaired) electrons. The maximum absolute atomic E-state index is 6.97. The summed E-state index contributed by atoms with van der Waals surface area (Å²) in [5, 5.41) is 2.34. The van der Waals surface area contributed by atoms with Crippen LogP contribution in [0, 0.1) is 0 Å². The smallest absolute Gasteiger partial charge is 0.137 e. The highest BCUT2D eigenvalue weighted by Crippen LogP contribution is 2.49. The fourth-order valence-corrected chi connectivity index (χ4v) is 11.3. The second-order valence-electron chi connectivity index (χ2n) is 24.7. The van der Waals surface area contributed by atoms with E-state index in [0.29, 0.717) is 6.67 Å². The molecule has 0 saturated heterocycles. The molecule has 10 aromatic rings. The Morgan fingerprint density at radius 3 is 1.49 bits per heavy atom. The predicted molar refractivity (Wildman–Crippen MR) is 320 cm³/mol. The third-order valence-electron chi connectivity index (χ3n) is 16.5. The quantitative estimate of drug-likeness (QED) is 0.129. The van der Waals surface area contributed by atoms with Gasteiger partial charge in [-0.1, -0.05) is 198 Å². The monoisotopic (exact) mass is 997 g/mol. The first-order valence-electron chi connectivity index (χ1n) is 27.0. The van der Waals surface area contributed by atoms with Gasteiger partial charge in [0.15, 0.2) is 0 Å². The number of anilines is 4. The van der Waals surface area contributed by atoms with Gasteiger partial charge in [0.1, 0.15) is 24.0 Å². The van der Waals surface area contributed by atoms with Crippen molar-refractivity contribution in [1.29, 1.82) is 0 Å². The molecule has 1 aliphatic rings. The van der Waals surface area contributed by atoms with Crippen molar-refractivity contribution in [3.05, 3.63) is 251 Å². The number of pyridine rings is 1. The zero-order chi connectivity index (χ0) is 53.4. The van der Waals surface area contributed by atoms with Gasteiger partial charge in [-0.05, 0) is 128 Å². The summed E-state index contributed by atoms with van der Waals surface area (Å²) >= 11 is 0. The van der Waals surface area contributed by atoms with E-state index in [4.69, 9.17) is 9.72 Å². The van der Waals surface area contributed by atoms with Gasteiger partial charge in [0.2, 0.25) is 0 Å². The molecule has 0 bridgehead atoms. The van der Waals surface area contributed by atoms with E-state index in [2.05, 4.69) is 298 Å². The summed E-state index contributed by atoms with van der Waals surface area (Å²) in [6.45, 7) is 28.4. The molecule has 76 heavy (non-hydrogen) atoms. The van der Waals surface area contributed by atoms with Gasteiger partial charge in [-0.25, -0.2) is 4.98 Å². The predicted octanol–water partition coefficient (Wildman–Crippen LogP) is 18.8. The molecule has 0 fully saturated rings. The standard InChI is InChI=1S/C71H72N4O/c1-67(2,3)51-31-36-63-65(43-51)74(57-40-54(70(9,10)49-25-18-14-19-26-49)39-55(41-57)71(11,12)50-27-20-15-21-28-50)47-73(63)56-29-22-30-58(45-56)76-59-33-34-60-61-42-53(69(7,8)48-23-16-13-17-24-48)32-35-62(61)75(64(60)46-59)66-44-52(37-38-72-66)68(4,5)6/h13-46H,47H2,1-12H3. The molecule has 2 aromatic heterocycles. The fourth-order valence-electron chi connectivity index (χ4n) is 11.3. The van der Waals surface area contributed by atoms with Gasteiger partial charge in [0, 0.05) is 56.7 Å². The van der Waals surface area contributed by atoms with Crippen molar-refractivity contribution in [2.45, 2.75) is 110 Å². The van der Waals surface area contributed by atoms with Crippen LogP contribution in [0.1, 0.15) is 128 Å². The van der Waals surface area contributed by atoms with Crippen LogP contribution in [-0.2, 0) is 27.1 Å². The third kappa shape index (κ3) is 9.14. The van der Waals surface area contributed by atoms with Gasteiger partial charge in [-0.2, -0.15) is 0 Å². The van der Waals surface area contributed by atoms with Crippen LogP contribution >= 0.6 is 0 Å². The molecule has 0 aliphatic carbocycles. The summed E-state index contributed by atoms with van der Waals surface area (Å²) in [6.07, 6.45) is 1.94. The van der Waals surface area contributed by atoms with Crippen LogP contribution < -0.4 is 14.5 Å². The van der Waals surface area contributed by atoms with Crippen molar-refractivity contribution in [3.63, 3.8) is 0 Å². The third-order valence-corrected chi connectivity index (χ3v) is 16.5. The molecule has 0 amide bonds. The minimum atomic E-state index is -0.257. The van der Waals surface area contributed by atoms with E-state index in [9.17, 15) is 0 Å². The maximum atomic E-state index is 6.97. The largest absolute Gasteiger partial charge is 0.457 e. The van der Waals surface area contributed by atoms with Crippen LogP contribution in [0.3, 0.4) is 0 Å². The Balaban J connectivity index is 0.999. The van der Waals surface area contributed by atoms with E-state index in [1.807, 2.05) is 6.20 Å². The molecule has 0 spiro atoms. The summed E-state index contributed by atoms with van der Waals surface area (Å²) in [5.74, 6) is 2.41. The van der Waals surface area contributed by atoms with Crippen molar-refractivity contribution >= 4 is 44.6 Å². The molecule has 0 unspecified atom stereocenters. The Hall–Kier alpha value is -7.89. The van der Waals surface area contributed by atoms with E-state index in [0.717, 1.165) is 45.1 Å². The summed E-state index contributed by atoms with van der Waals surface area (Å²) in [4.78, 5) is 9.98. The van der Waals surface area contributed by atoms with E-state index >= 15 is 0 Å². The Labute approximate surface area is 451 Å². The van der Waals surface area contributed by atoms with Crippen LogP contribution in [0.4, 0.5) is 22.7 Å². The normalized spacial score (nSPS) is 13.4. The number of aromatic nitrogens is 2. The average Bonchev–Trinajstić information content (AvgIpc) is 3.97. The molecule has 8 aromatic carbocycles. The topological polar surface area (TPSA) is 33.5 Å². The zero-order valence-corrected chi connectivity index (χ0v) is 46.5. The highest BCUT2D eigenvalue weighted by Gasteiger charge is 2.35. The Kier molecular flexibility index (Phi) is 12.4. The van der Waals surface area contributed by atoms with Gasteiger partial charge >= 0.3 is 0 Å². The molecule has 1 aliphatic heterocycles. The van der Waals surface area contributed by atoms with Gasteiger partial charge in [0.05, 0.1) is 22.4 Å². The Morgan fingerprint density at radius 2 is 0.895 bits per heavy atom. The fraction of sp³-hybridized carbons (Fsp3) is 0.254. The van der Waals surface area contributed by atoms with Crippen LogP contribution in [0.5, 0.6) is 11.5 Å². The van der Waals surface area contributed by atoms with E-state index < -0.39 is 0 Å². The molecule has 0 saturated carbocycles. The Morgan fingerprint density at radius 1 is 0.355 bits per heavy atom. The summed E-state index contributed by atoms with van der Waals surface area (Å²) in [6, 6.07) is 73.5. The van der Waals surface area contributed by atoms with Gasteiger partial charge in [0.25, 0.3) is 0 Å². The lowest BCUT2D eigenvalue weighted by molar-refractivity contribution is 0.483. The molecule has 5 nitrogen and oxygen atoms in total. The van der Waals surface area contributed by atoms with Crippen molar-refractivity contribution in [2.24, 2.45) is 0 Å². The SMILES string of the molecule is CC(C)(C)c1ccnc(-n2c3ccc(C(C)(C)c4ccccc4)cc3c3ccc(Oc4cccc(N5CN(c6cc(C(C)(C)c7ccccc7)cc(C(C)(C)c7ccccc7)c6)c6cc(C(C)(C)C)ccc65)c4)cc32)c1. The molecule has 382 valence electrons. The van der Waals surface area contributed by atoms with E-state index in [1.54, 1.807) is 0 Å². The second-order valence-corrected chi connectivity index (χ2v) is 24.7. The molecule has 0 atom stereocenters. The number of hydrogen-bond acceptors (Lipinski definition) is 4. The molecular formula is C71H72N4O. The lowest BCUT2D eigenvalue weighted by Crippen LogP contribution is -2.27. The highest BCUT2D eigenvalue weighted by molar-refractivity contribution is 6.10. The van der Waals surface area contributed by atoms with E-state index in [-0.39, 0.29) is 27.1 Å². The number of benzene rings is 8. The molecule has 0 N–H and O–H groups in total. The lowest BCUT2D eigenvalue weighted by atomic mass is 9.73. The van der Waals surface area contributed by atoms with Crippen LogP contribution in [0.25, 0.3) is 27.6 Å². The number of fused-ring (bicyclic) bond motifs is 4. The van der Waals surface area contributed by atoms with Crippen molar-refractivity contribution in [2.75, 3.05) is 16.5 Å². The minimum Gasteiger partial charge on any atom is -0.457 e. The van der Waals surface area contributed by atoms with Gasteiger partial charge in [-0.15, -0.1) is 0 Å². The highest BCUT2D eigenvalue weighted by atomic mass is 16.5. The van der Waals surface area contributed by atoms with Crippen molar-refractivity contribution < 1.29 is 4.74 Å². The maximum Gasteiger partial charge on any atom is 0.137 e. The number of nitrogens with zero attached hydrogens (tertiary/aromatic N) is 4.